The lowest BCUT2D eigenvalue weighted by atomic mass is 10.2. The van der Waals surface area contributed by atoms with Crippen LogP contribution in [0.5, 0.6) is 0 Å². The lowest BCUT2D eigenvalue weighted by Gasteiger charge is -2.19. The first kappa shape index (κ1) is 14.5. The number of nitrogens with two attached hydrogens (primary N) is 2. The van der Waals surface area contributed by atoms with E-state index in [0.717, 1.165) is 4.31 Å². The Hall–Kier alpha value is -1.60. The number of sulfonamides is 1. The molecule has 0 heterocycles. The van der Waals surface area contributed by atoms with Gasteiger partial charge in [0.25, 0.3) is 0 Å². The van der Waals surface area contributed by atoms with Crippen LogP contribution < -0.4 is 11.5 Å². The second-order valence-electron chi connectivity index (χ2n) is 3.92. The van der Waals surface area contributed by atoms with E-state index >= 15 is 0 Å². The summed E-state index contributed by atoms with van der Waals surface area (Å²) in [6.07, 6.45) is 0. The lowest BCUT2D eigenvalue weighted by molar-refractivity contribution is -0.118. The molecule has 18 heavy (non-hydrogen) atoms. The summed E-state index contributed by atoms with van der Waals surface area (Å²) in [4.78, 5) is 11.0. The molecule has 1 rings (SSSR count). The Morgan fingerprint density at radius 2 is 2.00 bits per heavy atom. The van der Waals surface area contributed by atoms with Crippen LogP contribution in [0, 0.1) is 6.92 Å². The van der Waals surface area contributed by atoms with E-state index in [1.807, 2.05) is 0 Å². The average Bonchev–Trinajstić information content (AvgIpc) is 2.28. The molecule has 0 saturated carbocycles. The first-order valence-corrected chi connectivity index (χ1v) is 6.87. The Morgan fingerprint density at radius 1 is 1.39 bits per heavy atom. The van der Waals surface area contributed by atoms with Crippen molar-refractivity contribution in [1.29, 1.82) is 0 Å². The summed E-state index contributed by atoms with van der Waals surface area (Å²) < 4.78 is 25.5. The number of rotatable bonds is 5. The fourth-order valence-corrected chi connectivity index (χ4v) is 3.00. The highest BCUT2D eigenvalue weighted by Crippen LogP contribution is 2.20. The van der Waals surface area contributed by atoms with Gasteiger partial charge in [0.05, 0.1) is 11.4 Å². The standard InChI is InChI=1S/C11H17N3O3S/c1-3-14(7-11(13)15)18(16,17)9-4-5-10(12)8(2)6-9/h4-6H,3,7,12H2,1-2H3,(H2,13,15). The predicted octanol–water partition coefficient (Wildman–Crippen LogP) is 0.0731. The Balaban J connectivity index is 3.18. The zero-order valence-electron chi connectivity index (χ0n) is 10.4. The van der Waals surface area contributed by atoms with Crippen LogP contribution in [0.1, 0.15) is 12.5 Å². The minimum atomic E-state index is -3.71. The van der Waals surface area contributed by atoms with Gasteiger partial charge in [0, 0.05) is 12.2 Å². The summed E-state index contributed by atoms with van der Waals surface area (Å²) in [5.41, 5.74) is 11.9. The molecule has 0 aromatic heterocycles. The van der Waals surface area contributed by atoms with Crippen LogP contribution in [0.4, 0.5) is 5.69 Å². The molecule has 100 valence electrons. The first-order valence-electron chi connectivity index (χ1n) is 5.43. The molecule has 0 atom stereocenters. The molecular weight excluding hydrogens is 254 g/mol. The van der Waals surface area contributed by atoms with E-state index in [1.54, 1.807) is 13.8 Å². The number of nitrogen functional groups attached to an aromatic ring is 1. The molecule has 0 spiro atoms. The molecule has 0 aliphatic carbocycles. The van der Waals surface area contributed by atoms with Crippen LogP contribution in [0.25, 0.3) is 0 Å². The number of hydrogen-bond donors (Lipinski definition) is 2. The van der Waals surface area contributed by atoms with Crippen molar-refractivity contribution < 1.29 is 13.2 Å². The molecule has 0 fully saturated rings. The number of likely N-dealkylation sites (N-methyl/N-ethyl adjacent to an activating group) is 1. The van der Waals surface area contributed by atoms with Gasteiger partial charge in [-0.2, -0.15) is 4.31 Å². The van der Waals surface area contributed by atoms with Crippen molar-refractivity contribution >= 4 is 21.6 Å². The van der Waals surface area contributed by atoms with Crippen molar-refractivity contribution in [3.63, 3.8) is 0 Å². The van der Waals surface area contributed by atoms with Crippen LogP contribution in [-0.4, -0.2) is 31.7 Å². The molecule has 0 aliphatic heterocycles. The zero-order chi connectivity index (χ0) is 13.9. The number of primary amides is 1. The number of hydrogen-bond acceptors (Lipinski definition) is 4. The number of anilines is 1. The number of amides is 1. The molecule has 1 amide bonds. The monoisotopic (exact) mass is 271 g/mol. The quantitative estimate of drug-likeness (QED) is 0.739. The summed E-state index contributed by atoms with van der Waals surface area (Å²) in [6, 6.07) is 4.43. The van der Waals surface area contributed by atoms with Gasteiger partial charge in [-0.05, 0) is 30.7 Å². The Morgan fingerprint density at radius 3 is 2.44 bits per heavy atom. The van der Waals surface area contributed by atoms with E-state index in [0.29, 0.717) is 11.3 Å². The number of nitrogens with zero attached hydrogens (tertiary/aromatic N) is 1. The van der Waals surface area contributed by atoms with Gasteiger partial charge >= 0.3 is 0 Å². The highest BCUT2D eigenvalue weighted by atomic mass is 32.2. The van der Waals surface area contributed by atoms with Gasteiger partial charge in [0.2, 0.25) is 15.9 Å². The van der Waals surface area contributed by atoms with E-state index in [9.17, 15) is 13.2 Å². The maximum Gasteiger partial charge on any atom is 0.243 e. The molecule has 6 nitrogen and oxygen atoms in total. The normalized spacial score (nSPS) is 11.7. The van der Waals surface area contributed by atoms with Gasteiger partial charge in [0.15, 0.2) is 0 Å². The van der Waals surface area contributed by atoms with Crippen LogP contribution in [0.15, 0.2) is 23.1 Å². The van der Waals surface area contributed by atoms with E-state index in [1.165, 1.54) is 18.2 Å². The van der Waals surface area contributed by atoms with Crippen LogP contribution in [0.2, 0.25) is 0 Å². The zero-order valence-corrected chi connectivity index (χ0v) is 11.2. The largest absolute Gasteiger partial charge is 0.399 e. The van der Waals surface area contributed by atoms with E-state index in [-0.39, 0.29) is 18.0 Å². The highest BCUT2D eigenvalue weighted by Gasteiger charge is 2.24. The predicted molar refractivity (Wildman–Crippen MR) is 69.2 cm³/mol. The fourth-order valence-electron chi connectivity index (χ4n) is 1.50. The third-order valence-corrected chi connectivity index (χ3v) is 4.48. The van der Waals surface area contributed by atoms with Crippen LogP contribution >= 0.6 is 0 Å². The number of carbonyl (C=O) groups is 1. The number of aryl methyl sites for hydroxylation is 1. The third kappa shape index (κ3) is 2.99. The second-order valence-corrected chi connectivity index (χ2v) is 5.85. The fraction of sp³-hybridized carbons (Fsp3) is 0.364. The van der Waals surface area contributed by atoms with E-state index < -0.39 is 15.9 Å². The van der Waals surface area contributed by atoms with Crippen molar-refractivity contribution in [1.82, 2.24) is 4.31 Å². The summed E-state index contributed by atoms with van der Waals surface area (Å²) in [7, 11) is -3.71. The minimum Gasteiger partial charge on any atom is -0.399 e. The molecule has 0 aliphatic rings. The Bertz CT molecular complexity index is 555. The number of benzene rings is 1. The molecular formula is C11H17N3O3S. The van der Waals surface area contributed by atoms with Gasteiger partial charge in [-0.15, -0.1) is 0 Å². The molecule has 1 aromatic rings. The van der Waals surface area contributed by atoms with Crippen molar-refractivity contribution in [3.05, 3.63) is 23.8 Å². The Labute approximate surface area is 107 Å². The summed E-state index contributed by atoms with van der Waals surface area (Å²) in [5.74, 6) is -0.687. The highest BCUT2D eigenvalue weighted by molar-refractivity contribution is 7.89. The van der Waals surface area contributed by atoms with E-state index in [2.05, 4.69) is 0 Å². The maximum absolute atomic E-state index is 12.2. The number of carbonyl (C=O) groups excluding carboxylic acids is 1. The van der Waals surface area contributed by atoms with Gasteiger partial charge in [0.1, 0.15) is 0 Å². The van der Waals surface area contributed by atoms with Crippen molar-refractivity contribution in [2.45, 2.75) is 18.7 Å². The van der Waals surface area contributed by atoms with Crippen LogP contribution in [-0.2, 0) is 14.8 Å². The van der Waals surface area contributed by atoms with E-state index in [4.69, 9.17) is 11.5 Å². The first-order chi connectivity index (χ1) is 8.28. The smallest absolute Gasteiger partial charge is 0.243 e. The molecule has 0 saturated heterocycles. The van der Waals surface area contributed by atoms with Gasteiger partial charge < -0.3 is 11.5 Å². The van der Waals surface area contributed by atoms with Gasteiger partial charge in [-0.1, -0.05) is 6.92 Å². The van der Waals surface area contributed by atoms with Crippen LogP contribution in [0.3, 0.4) is 0 Å². The topological polar surface area (TPSA) is 106 Å². The summed E-state index contributed by atoms with van der Waals surface area (Å²) >= 11 is 0. The molecule has 7 heteroatoms. The Kier molecular flexibility index (Phi) is 4.31. The minimum absolute atomic E-state index is 0.109. The summed E-state index contributed by atoms with van der Waals surface area (Å²) in [6.45, 7) is 3.21. The van der Waals surface area contributed by atoms with Crippen molar-refractivity contribution in [2.75, 3.05) is 18.8 Å². The van der Waals surface area contributed by atoms with Gasteiger partial charge in [-0.3, -0.25) is 4.79 Å². The SMILES string of the molecule is CCN(CC(N)=O)S(=O)(=O)c1ccc(N)c(C)c1. The molecule has 0 bridgehead atoms. The van der Waals surface area contributed by atoms with Crippen molar-refractivity contribution in [2.24, 2.45) is 5.73 Å². The molecule has 0 radical (unpaired) electrons. The molecule has 0 unspecified atom stereocenters. The lowest BCUT2D eigenvalue weighted by Crippen LogP contribution is -2.38. The molecule has 4 N–H and O–H groups in total. The van der Waals surface area contributed by atoms with Gasteiger partial charge in [-0.25, -0.2) is 8.42 Å². The molecule has 1 aromatic carbocycles. The second kappa shape index (κ2) is 5.36. The average molecular weight is 271 g/mol. The third-order valence-electron chi connectivity index (χ3n) is 2.56. The maximum atomic E-state index is 12.2. The van der Waals surface area contributed by atoms with Crippen molar-refractivity contribution in [3.8, 4) is 0 Å². The summed E-state index contributed by atoms with van der Waals surface area (Å²) in [5, 5.41) is 0.